The van der Waals surface area contributed by atoms with E-state index in [1.807, 2.05) is 6.92 Å². The molecule has 1 aromatic heterocycles. The maximum atomic E-state index is 12.2. The van der Waals surface area contributed by atoms with Gasteiger partial charge in [-0.3, -0.25) is 0 Å². The summed E-state index contributed by atoms with van der Waals surface area (Å²) in [6.45, 7) is 3.04. The molecule has 0 amide bonds. The highest BCUT2D eigenvalue weighted by atomic mass is 32.2. The molecule has 21 heavy (non-hydrogen) atoms. The van der Waals surface area contributed by atoms with Gasteiger partial charge in [-0.05, 0) is 11.3 Å². The number of allylic oxidation sites excluding steroid dienone is 1. The lowest BCUT2D eigenvalue weighted by Crippen LogP contribution is -2.39. The summed E-state index contributed by atoms with van der Waals surface area (Å²) in [7, 11) is 1.28. The van der Waals surface area contributed by atoms with Crippen LogP contribution in [0.3, 0.4) is 0 Å². The molecule has 2 heterocycles. The van der Waals surface area contributed by atoms with Crippen LogP contribution in [0.4, 0.5) is 0 Å². The number of methoxy groups -OCH3 is 1. The average Bonchev–Trinajstić information content (AvgIpc) is 3.02. The molecule has 114 valence electrons. The van der Waals surface area contributed by atoms with Crippen molar-refractivity contribution in [3.05, 3.63) is 28.4 Å². The number of thiazole rings is 1. The van der Waals surface area contributed by atoms with Crippen molar-refractivity contribution in [2.75, 3.05) is 26.9 Å². The second kappa shape index (κ2) is 7.55. The summed E-state index contributed by atoms with van der Waals surface area (Å²) < 4.78 is 27.7. The molecular formula is C12H15N3O4S2. The van der Waals surface area contributed by atoms with Crippen molar-refractivity contribution in [1.29, 1.82) is 0 Å². The molecule has 0 saturated heterocycles. The topological polar surface area (TPSA) is 87.1 Å². The Hall–Kier alpha value is -1.42. The van der Waals surface area contributed by atoms with Crippen LogP contribution in [0.5, 0.6) is 0 Å². The molecule has 0 aromatic carbocycles. The van der Waals surface area contributed by atoms with Gasteiger partial charge in [0, 0.05) is 24.3 Å². The molecular weight excluding hydrogens is 314 g/mol. The first kappa shape index (κ1) is 16.0. The number of hydrogen-bond donors (Lipinski definition) is 0. The van der Waals surface area contributed by atoms with Crippen LogP contribution in [-0.4, -0.2) is 52.4 Å². The summed E-state index contributed by atoms with van der Waals surface area (Å²) in [6.07, 6.45) is 3.16. The molecule has 7 nitrogen and oxygen atoms in total. The number of carbonyl (C=O) groups excluding carboxylic acids is 1. The smallest absolute Gasteiger partial charge is 0.359 e. The van der Waals surface area contributed by atoms with Crippen LogP contribution in [0.15, 0.2) is 27.7 Å². The summed E-state index contributed by atoms with van der Waals surface area (Å²) in [5.41, 5.74) is 0.604. The number of rotatable bonds is 6. The number of nitrogens with zero attached hydrogens (tertiary/aromatic N) is 3. The number of aromatic nitrogens is 1. The van der Waals surface area contributed by atoms with E-state index in [1.54, 1.807) is 11.6 Å². The van der Waals surface area contributed by atoms with E-state index in [4.69, 9.17) is 9.47 Å². The van der Waals surface area contributed by atoms with Crippen molar-refractivity contribution in [2.24, 2.45) is 4.40 Å². The third kappa shape index (κ3) is 3.82. The van der Waals surface area contributed by atoms with Gasteiger partial charge in [-0.15, -0.1) is 11.3 Å². The first-order valence-electron chi connectivity index (χ1n) is 6.23. The Balaban J connectivity index is 2.24. The Morgan fingerprint density at radius 2 is 2.38 bits per heavy atom. The van der Waals surface area contributed by atoms with Crippen molar-refractivity contribution < 1.29 is 18.8 Å². The van der Waals surface area contributed by atoms with Gasteiger partial charge < -0.3 is 14.0 Å². The first-order chi connectivity index (χ1) is 10.2. The number of hydrogen-bond acceptors (Lipinski definition) is 8. The molecule has 9 heteroatoms. The van der Waals surface area contributed by atoms with E-state index < -0.39 is 17.5 Å². The zero-order valence-corrected chi connectivity index (χ0v) is 13.3. The van der Waals surface area contributed by atoms with E-state index >= 15 is 0 Å². The lowest BCUT2D eigenvalue weighted by atomic mass is 10.3. The molecule has 0 fully saturated rings. The fourth-order valence-corrected chi connectivity index (χ4v) is 3.24. The average molecular weight is 329 g/mol. The van der Waals surface area contributed by atoms with Gasteiger partial charge in [0.1, 0.15) is 5.01 Å². The Labute approximate surface area is 129 Å². The van der Waals surface area contributed by atoms with Crippen molar-refractivity contribution in [1.82, 2.24) is 9.29 Å². The predicted octanol–water partition coefficient (Wildman–Crippen LogP) is 0.920. The lowest BCUT2D eigenvalue weighted by molar-refractivity contribution is -0.137. The van der Waals surface area contributed by atoms with Gasteiger partial charge >= 0.3 is 5.97 Å². The third-order valence-electron chi connectivity index (χ3n) is 2.60. The highest BCUT2D eigenvalue weighted by Gasteiger charge is 2.34. The van der Waals surface area contributed by atoms with Crippen LogP contribution >= 0.6 is 11.3 Å². The molecule has 0 N–H and O–H groups in total. The van der Waals surface area contributed by atoms with E-state index in [-0.39, 0.29) is 12.2 Å². The van der Waals surface area contributed by atoms with Gasteiger partial charge in [0.25, 0.3) is 0 Å². The number of esters is 1. The van der Waals surface area contributed by atoms with Crippen LogP contribution in [0.2, 0.25) is 0 Å². The van der Waals surface area contributed by atoms with Crippen LogP contribution < -0.4 is 0 Å². The van der Waals surface area contributed by atoms with Gasteiger partial charge in [0.15, 0.2) is 11.4 Å². The molecule has 2 rings (SSSR count). The Kier molecular flexibility index (Phi) is 5.74. The minimum atomic E-state index is -1.71. The van der Waals surface area contributed by atoms with Gasteiger partial charge in [-0.2, -0.15) is 4.31 Å². The highest BCUT2D eigenvalue weighted by molar-refractivity contribution is 7.88. The molecule has 1 aliphatic rings. The Morgan fingerprint density at radius 3 is 3.00 bits per heavy atom. The molecule has 0 spiro atoms. The maximum absolute atomic E-state index is 12.2. The molecule has 1 atom stereocenters. The summed E-state index contributed by atoms with van der Waals surface area (Å²) in [4.78, 5) is 16.0. The maximum Gasteiger partial charge on any atom is 0.359 e. The quantitative estimate of drug-likeness (QED) is 0.438. The van der Waals surface area contributed by atoms with Crippen molar-refractivity contribution >= 4 is 34.6 Å². The Morgan fingerprint density at radius 1 is 1.57 bits per heavy atom. The molecule has 1 aliphatic heterocycles. The largest absolute Gasteiger partial charge is 0.566 e. The second-order valence-electron chi connectivity index (χ2n) is 3.86. The van der Waals surface area contributed by atoms with Crippen LogP contribution in [-0.2, 0) is 25.8 Å². The highest BCUT2D eigenvalue weighted by Crippen LogP contribution is 2.22. The SMILES string of the molecule is CCOCCN1C(C(=O)OC)=CC(c2nccs2)=N[S+]1[O-]. The van der Waals surface area contributed by atoms with Gasteiger partial charge in [0.05, 0.1) is 20.3 Å². The minimum absolute atomic E-state index is 0.190. The fraction of sp³-hybridized carbons (Fsp3) is 0.417. The normalized spacial score (nSPS) is 18.2. The summed E-state index contributed by atoms with van der Waals surface area (Å²) in [5, 5.41) is 2.39. The van der Waals surface area contributed by atoms with Crippen molar-refractivity contribution in [3.8, 4) is 0 Å². The molecule has 0 bridgehead atoms. The second-order valence-corrected chi connectivity index (χ2v) is 5.84. The van der Waals surface area contributed by atoms with Crippen LogP contribution in [0.1, 0.15) is 11.9 Å². The summed E-state index contributed by atoms with van der Waals surface area (Å²) >= 11 is -0.350. The zero-order chi connectivity index (χ0) is 15.2. The van der Waals surface area contributed by atoms with Gasteiger partial charge in [-0.1, -0.05) is 0 Å². The minimum Gasteiger partial charge on any atom is -0.566 e. The zero-order valence-electron chi connectivity index (χ0n) is 11.6. The Bertz CT molecular complexity index is 545. The van der Waals surface area contributed by atoms with E-state index in [9.17, 15) is 9.35 Å². The molecule has 0 saturated carbocycles. The lowest BCUT2D eigenvalue weighted by Gasteiger charge is -2.25. The van der Waals surface area contributed by atoms with Crippen molar-refractivity contribution in [3.63, 3.8) is 0 Å². The summed E-state index contributed by atoms with van der Waals surface area (Å²) in [6, 6.07) is 0. The van der Waals surface area contributed by atoms with Crippen LogP contribution in [0.25, 0.3) is 0 Å². The van der Waals surface area contributed by atoms with E-state index in [1.165, 1.54) is 28.8 Å². The number of carbonyl (C=O) groups is 1. The van der Waals surface area contributed by atoms with Crippen LogP contribution in [0, 0.1) is 0 Å². The molecule has 0 aliphatic carbocycles. The van der Waals surface area contributed by atoms with Gasteiger partial charge in [0.2, 0.25) is 11.5 Å². The first-order valence-corrected chi connectivity index (χ1v) is 8.17. The molecule has 1 unspecified atom stereocenters. The third-order valence-corrected chi connectivity index (χ3v) is 4.50. The standard InChI is InChI=1S/C12H15N3O4S2/c1-3-19-6-5-15-10(12(16)18-2)8-9(14-21(15)17)11-13-4-7-20-11/h4,7-8H,3,5-6H2,1-2H3. The van der Waals surface area contributed by atoms with Crippen molar-refractivity contribution in [2.45, 2.75) is 6.92 Å². The molecule has 0 radical (unpaired) electrons. The number of ether oxygens (including phenoxy) is 2. The van der Waals surface area contributed by atoms with E-state index in [0.29, 0.717) is 23.9 Å². The van der Waals surface area contributed by atoms with E-state index in [2.05, 4.69) is 9.38 Å². The molecule has 1 aromatic rings. The fourth-order valence-electron chi connectivity index (χ4n) is 1.65. The van der Waals surface area contributed by atoms with Gasteiger partial charge in [-0.25, -0.2) is 9.78 Å². The van der Waals surface area contributed by atoms with E-state index in [0.717, 1.165) is 0 Å². The monoisotopic (exact) mass is 329 g/mol. The predicted molar refractivity (Wildman–Crippen MR) is 80.1 cm³/mol. The summed E-state index contributed by atoms with van der Waals surface area (Å²) in [5.74, 6) is -0.566.